The molecule has 0 aliphatic rings. The van der Waals surface area contributed by atoms with E-state index in [0.29, 0.717) is 25.3 Å². The van der Waals surface area contributed by atoms with Crippen LogP contribution in [0.15, 0.2) is 42.7 Å². The van der Waals surface area contributed by atoms with Crippen LogP contribution in [0.1, 0.15) is 36.2 Å². The van der Waals surface area contributed by atoms with E-state index in [2.05, 4.69) is 27.6 Å². The van der Waals surface area contributed by atoms with Gasteiger partial charge in [-0.15, -0.1) is 0 Å². The highest BCUT2D eigenvalue weighted by Crippen LogP contribution is 2.27. The second-order valence-corrected chi connectivity index (χ2v) is 6.62. The number of carbonyl (C=O) groups is 1. The largest absolute Gasteiger partial charge is 0.383 e. The molecule has 3 aromatic rings. The van der Waals surface area contributed by atoms with Crippen LogP contribution in [-0.2, 0) is 17.8 Å². The summed E-state index contributed by atoms with van der Waals surface area (Å²) >= 11 is 0. The van der Waals surface area contributed by atoms with E-state index in [1.165, 1.54) is 0 Å². The lowest BCUT2D eigenvalue weighted by Crippen LogP contribution is -2.28. The molecule has 0 fully saturated rings. The van der Waals surface area contributed by atoms with Crippen LogP contribution in [0.3, 0.4) is 0 Å². The maximum atomic E-state index is 12.9. The summed E-state index contributed by atoms with van der Waals surface area (Å²) in [7, 11) is 1.68. The molecule has 1 atom stereocenters. The van der Waals surface area contributed by atoms with Gasteiger partial charge in [-0.25, -0.2) is 9.67 Å². The van der Waals surface area contributed by atoms with Crippen molar-refractivity contribution in [2.24, 2.45) is 0 Å². The van der Waals surface area contributed by atoms with Crippen molar-refractivity contribution >= 4 is 22.6 Å². The van der Waals surface area contributed by atoms with Gasteiger partial charge in [-0.1, -0.05) is 37.3 Å². The van der Waals surface area contributed by atoms with E-state index < -0.39 is 0 Å². The Hall–Kier alpha value is -2.93. The van der Waals surface area contributed by atoms with Crippen molar-refractivity contribution in [2.75, 3.05) is 19.0 Å². The monoisotopic (exact) mass is 381 g/mol. The van der Waals surface area contributed by atoms with Crippen molar-refractivity contribution in [3.63, 3.8) is 0 Å². The van der Waals surface area contributed by atoms with E-state index in [1.54, 1.807) is 19.5 Å². The average molecular weight is 381 g/mol. The second kappa shape index (κ2) is 9.32. The van der Waals surface area contributed by atoms with Crippen LogP contribution in [0.2, 0.25) is 0 Å². The van der Waals surface area contributed by atoms with Gasteiger partial charge in [0.2, 0.25) is 0 Å². The van der Waals surface area contributed by atoms with Gasteiger partial charge < -0.3 is 15.4 Å². The number of pyridine rings is 1. The predicted molar refractivity (Wildman–Crippen MR) is 110 cm³/mol. The molecule has 28 heavy (non-hydrogen) atoms. The minimum atomic E-state index is -0.169. The third-order valence-electron chi connectivity index (χ3n) is 4.72. The minimum absolute atomic E-state index is 0.0845. The number of fused-ring (bicyclic) bond motifs is 1. The van der Waals surface area contributed by atoms with Crippen molar-refractivity contribution in [3.05, 3.63) is 53.9 Å². The molecule has 0 saturated heterocycles. The molecule has 0 saturated carbocycles. The van der Waals surface area contributed by atoms with E-state index in [0.717, 1.165) is 28.7 Å². The fourth-order valence-corrected chi connectivity index (χ4v) is 3.13. The van der Waals surface area contributed by atoms with Gasteiger partial charge in [0.15, 0.2) is 5.65 Å². The molecule has 2 N–H and O–H groups in total. The molecule has 2 heterocycles. The summed E-state index contributed by atoms with van der Waals surface area (Å²) in [6.07, 6.45) is 4.25. The van der Waals surface area contributed by atoms with Gasteiger partial charge in [0.05, 0.1) is 29.4 Å². The normalized spacial score (nSPS) is 12.1. The Morgan fingerprint density at radius 1 is 1.21 bits per heavy atom. The Balaban J connectivity index is 1.93. The van der Waals surface area contributed by atoms with Gasteiger partial charge in [-0.2, -0.15) is 5.10 Å². The van der Waals surface area contributed by atoms with E-state index in [-0.39, 0.29) is 11.9 Å². The van der Waals surface area contributed by atoms with Gasteiger partial charge >= 0.3 is 0 Å². The number of anilines is 1. The van der Waals surface area contributed by atoms with E-state index in [1.807, 2.05) is 41.9 Å². The summed E-state index contributed by atoms with van der Waals surface area (Å²) in [5, 5.41) is 11.7. The summed E-state index contributed by atoms with van der Waals surface area (Å²) in [5.74, 6) is -0.169. The average Bonchev–Trinajstić information content (AvgIpc) is 3.16. The molecular weight excluding hydrogens is 354 g/mol. The minimum Gasteiger partial charge on any atom is -0.383 e. The van der Waals surface area contributed by atoms with Crippen LogP contribution < -0.4 is 10.6 Å². The first-order valence-electron chi connectivity index (χ1n) is 9.60. The molecular formula is C21H27N5O2. The van der Waals surface area contributed by atoms with Crippen LogP contribution in [0.25, 0.3) is 11.0 Å². The Morgan fingerprint density at radius 2 is 2.00 bits per heavy atom. The highest BCUT2D eigenvalue weighted by Gasteiger charge is 2.20. The number of hydrogen-bond donors (Lipinski definition) is 2. The van der Waals surface area contributed by atoms with Crippen LogP contribution in [0.4, 0.5) is 5.69 Å². The van der Waals surface area contributed by atoms with Crippen molar-refractivity contribution in [1.29, 1.82) is 0 Å². The van der Waals surface area contributed by atoms with Crippen LogP contribution in [0, 0.1) is 0 Å². The molecule has 0 unspecified atom stereocenters. The van der Waals surface area contributed by atoms with Crippen molar-refractivity contribution in [2.45, 2.75) is 39.4 Å². The van der Waals surface area contributed by atoms with Crippen molar-refractivity contribution in [1.82, 2.24) is 20.1 Å². The van der Waals surface area contributed by atoms with Crippen LogP contribution in [0.5, 0.6) is 0 Å². The number of aromatic nitrogens is 3. The zero-order valence-corrected chi connectivity index (χ0v) is 16.6. The van der Waals surface area contributed by atoms with Crippen LogP contribution in [-0.4, -0.2) is 40.4 Å². The Morgan fingerprint density at radius 3 is 2.68 bits per heavy atom. The number of amides is 1. The molecule has 0 aliphatic carbocycles. The SMILES string of the molecule is CC[C@@H](COC)Nc1c(C(=O)NCc2ccccc2)cnc2c1cnn2CC. The fraction of sp³-hybridized carbons (Fsp3) is 0.381. The van der Waals surface area contributed by atoms with Crippen LogP contribution >= 0.6 is 0 Å². The Labute approximate surface area is 165 Å². The lowest BCUT2D eigenvalue weighted by atomic mass is 10.1. The quantitative estimate of drug-likeness (QED) is 0.595. The third-order valence-corrected chi connectivity index (χ3v) is 4.72. The molecule has 3 rings (SSSR count). The summed E-state index contributed by atoms with van der Waals surface area (Å²) in [5.41, 5.74) is 3.06. The van der Waals surface area contributed by atoms with Crippen molar-refractivity contribution in [3.8, 4) is 0 Å². The summed E-state index contributed by atoms with van der Waals surface area (Å²) in [6.45, 7) is 5.82. The number of methoxy groups -OCH3 is 1. The summed E-state index contributed by atoms with van der Waals surface area (Å²) in [6, 6.07) is 9.92. The molecule has 1 aromatic carbocycles. The number of ether oxygens (including phenoxy) is 1. The predicted octanol–water partition coefficient (Wildman–Crippen LogP) is 3.22. The smallest absolute Gasteiger partial charge is 0.255 e. The maximum Gasteiger partial charge on any atom is 0.255 e. The molecule has 148 valence electrons. The zero-order valence-electron chi connectivity index (χ0n) is 16.6. The number of nitrogens with zero attached hydrogens (tertiary/aromatic N) is 3. The molecule has 7 nitrogen and oxygen atoms in total. The third kappa shape index (κ3) is 4.31. The number of hydrogen-bond acceptors (Lipinski definition) is 5. The number of nitrogens with one attached hydrogen (secondary N) is 2. The first-order chi connectivity index (χ1) is 13.7. The fourth-order valence-electron chi connectivity index (χ4n) is 3.13. The second-order valence-electron chi connectivity index (χ2n) is 6.62. The molecule has 0 spiro atoms. The van der Waals surface area contributed by atoms with Crippen molar-refractivity contribution < 1.29 is 9.53 Å². The molecule has 7 heteroatoms. The molecule has 0 radical (unpaired) electrons. The molecule has 0 bridgehead atoms. The van der Waals surface area contributed by atoms with E-state index >= 15 is 0 Å². The number of rotatable bonds is 9. The molecule has 2 aromatic heterocycles. The Kier molecular flexibility index (Phi) is 6.60. The van der Waals surface area contributed by atoms with Gasteiger partial charge in [0, 0.05) is 32.4 Å². The topological polar surface area (TPSA) is 81.1 Å². The zero-order chi connectivity index (χ0) is 19.9. The van der Waals surface area contributed by atoms with Gasteiger partial charge in [0.1, 0.15) is 0 Å². The van der Waals surface area contributed by atoms with Gasteiger partial charge in [-0.3, -0.25) is 4.79 Å². The first kappa shape index (κ1) is 19.8. The number of benzene rings is 1. The van der Waals surface area contributed by atoms with E-state index in [9.17, 15) is 4.79 Å². The highest BCUT2D eigenvalue weighted by molar-refractivity contribution is 6.06. The van der Waals surface area contributed by atoms with Gasteiger partial charge in [0.25, 0.3) is 5.91 Å². The standard InChI is InChI=1S/C21H27N5O2/c1-4-16(14-28-3)25-19-17-13-24-26(5-2)20(17)22-12-18(19)21(27)23-11-15-9-7-6-8-10-15/h6-10,12-13,16H,4-5,11,14H2,1-3H3,(H,22,25)(H,23,27)/t16-/m0/s1. The molecule has 0 aliphatic heterocycles. The number of aryl methyl sites for hydroxylation is 1. The lowest BCUT2D eigenvalue weighted by Gasteiger charge is -2.20. The molecule has 1 amide bonds. The summed E-state index contributed by atoms with van der Waals surface area (Å²) < 4.78 is 7.13. The lowest BCUT2D eigenvalue weighted by molar-refractivity contribution is 0.0951. The maximum absolute atomic E-state index is 12.9. The van der Waals surface area contributed by atoms with E-state index in [4.69, 9.17) is 4.74 Å². The van der Waals surface area contributed by atoms with Gasteiger partial charge in [-0.05, 0) is 18.9 Å². The number of carbonyl (C=O) groups excluding carboxylic acids is 1. The highest BCUT2D eigenvalue weighted by atomic mass is 16.5. The summed E-state index contributed by atoms with van der Waals surface area (Å²) in [4.78, 5) is 17.4. The first-order valence-corrected chi connectivity index (χ1v) is 9.60. The Bertz CT molecular complexity index is 923.